The third-order valence-electron chi connectivity index (χ3n) is 1.74. The molecule has 0 aliphatic carbocycles. The van der Waals surface area contributed by atoms with E-state index in [2.05, 4.69) is 43.2 Å². The predicted octanol–water partition coefficient (Wildman–Crippen LogP) is 3.54. The second-order valence-corrected chi connectivity index (χ2v) is 4.62. The van der Waals surface area contributed by atoms with Gasteiger partial charge in [-0.05, 0) is 50.1 Å². The molecule has 0 aliphatic rings. The highest BCUT2D eigenvalue weighted by Gasteiger charge is 2.03. The van der Waals surface area contributed by atoms with Gasteiger partial charge in [0.2, 0.25) is 5.88 Å². The van der Waals surface area contributed by atoms with Crippen molar-refractivity contribution in [3.8, 4) is 11.6 Å². The van der Waals surface area contributed by atoms with Crippen molar-refractivity contribution in [2.45, 2.75) is 0 Å². The first-order valence-corrected chi connectivity index (χ1v) is 5.78. The lowest BCUT2D eigenvalue weighted by atomic mass is 10.3. The monoisotopic (exact) mass is 329 g/mol. The fraction of sp³-hybridized carbons (Fsp3) is 0.100. The summed E-state index contributed by atoms with van der Waals surface area (Å²) >= 11 is 6.79. The van der Waals surface area contributed by atoms with Crippen LogP contribution < -0.4 is 4.74 Å². The molecule has 0 saturated carbocycles. The molecule has 0 N–H and O–H groups in total. The first-order chi connectivity index (χ1) is 7.15. The lowest BCUT2D eigenvalue weighted by Gasteiger charge is -2.03. The molecule has 0 saturated heterocycles. The average Bonchev–Trinajstić information content (AvgIpc) is 2.58. The van der Waals surface area contributed by atoms with Crippen molar-refractivity contribution in [2.24, 2.45) is 7.05 Å². The van der Waals surface area contributed by atoms with E-state index in [0.717, 1.165) is 14.7 Å². The highest BCUT2D eigenvalue weighted by molar-refractivity contribution is 9.13. The summed E-state index contributed by atoms with van der Waals surface area (Å²) in [6.07, 6.45) is 2.87. The summed E-state index contributed by atoms with van der Waals surface area (Å²) in [5, 5.41) is 4.07. The van der Waals surface area contributed by atoms with E-state index in [-0.39, 0.29) is 0 Å². The molecular formula is C10H7Br2N2O. The molecular weight excluding hydrogens is 324 g/mol. The van der Waals surface area contributed by atoms with Crippen LogP contribution in [0.4, 0.5) is 0 Å². The fourth-order valence-electron chi connectivity index (χ4n) is 1.07. The zero-order valence-corrected chi connectivity index (χ0v) is 11.0. The number of hydrogen-bond acceptors (Lipinski definition) is 2. The number of nitrogens with zero attached hydrogens (tertiary/aromatic N) is 2. The molecule has 3 nitrogen and oxygen atoms in total. The van der Waals surface area contributed by atoms with Gasteiger partial charge in [-0.25, -0.2) is 0 Å². The zero-order valence-electron chi connectivity index (χ0n) is 7.87. The minimum Gasteiger partial charge on any atom is -0.437 e. The molecule has 0 spiro atoms. The van der Waals surface area contributed by atoms with Gasteiger partial charge in [0.25, 0.3) is 0 Å². The second-order valence-electron chi connectivity index (χ2n) is 2.91. The summed E-state index contributed by atoms with van der Waals surface area (Å²) in [4.78, 5) is 0. The van der Waals surface area contributed by atoms with Crippen LogP contribution in [-0.4, -0.2) is 9.78 Å². The van der Waals surface area contributed by atoms with Gasteiger partial charge in [0, 0.05) is 22.1 Å². The van der Waals surface area contributed by atoms with Crippen LogP contribution in [0.15, 0.2) is 33.2 Å². The van der Waals surface area contributed by atoms with Gasteiger partial charge in [0.15, 0.2) is 0 Å². The Hall–Kier alpha value is -0.810. The first kappa shape index (κ1) is 10.7. The van der Waals surface area contributed by atoms with Gasteiger partial charge >= 0.3 is 0 Å². The van der Waals surface area contributed by atoms with Gasteiger partial charge in [-0.3, -0.25) is 4.68 Å². The molecule has 0 bridgehead atoms. The van der Waals surface area contributed by atoms with Crippen molar-refractivity contribution in [2.75, 3.05) is 0 Å². The Kier molecular flexibility index (Phi) is 3.11. The number of aryl methyl sites for hydroxylation is 1. The molecule has 15 heavy (non-hydrogen) atoms. The van der Waals surface area contributed by atoms with Crippen molar-refractivity contribution in [1.82, 2.24) is 9.78 Å². The maximum atomic E-state index is 5.52. The van der Waals surface area contributed by atoms with Crippen LogP contribution in [0.5, 0.6) is 11.6 Å². The van der Waals surface area contributed by atoms with E-state index in [0.29, 0.717) is 5.88 Å². The summed E-state index contributed by atoms with van der Waals surface area (Å²) in [5.41, 5.74) is 0. The van der Waals surface area contributed by atoms with E-state index in [1.807, 2.05) is 18.2 Å². The second kappa shape index (κ2) is 4.37. The molecule has 0 atom stereocenters. The Morgan fingerprint density at radius 1 is 1.33 bits per heavy atom. The third kappa shape index (κ3) is 2.60. The Bertz CT molecular complexity index is 482. The van der Waals surface area contributed by atoms with Crippen LogP contribution in [0.2, 0.25) is 0 Å². The molecule has 0 fully saturated rings. The van der Waals surface area contributed by atoms with Crippen molar-refractivity contribution >= 4 is 31.9 Å². The molecule has 2 aromatic rings. The largest absolute Gasteiger partial charge is 0.437 e. The number of rotatable bonds is 2. The summed E-state index contributed by atoms with van der Waals surface area (Å²) in [6.45, 7) is 0. The van der Waals surface area contributed by atoms with Crippen molar-refractivity contribution in [3.63, 3.8) is 0 Å². The average molecular weight is 331 g/mol. The van der Waals surface area contributed by atoms with Crippen molar-refractivity contribution in [1.29, 1.82) is 0 Å². The standard InChI is InChI=1S/C10H7Br2N2O/c1-14-5-4-10(13-14)15-7-2-3-8(11)9(12)6-7/h2-4,6H,1H3. The third-order valence-corrected chi connectivity index (χ3v) is 3.62. The summed E-state index contributed by atoms with van der Waals surface area (Å²) < 4.78 is 9.03. The van der Waals surface area contributed by atoms with Gasteiger partial charge < -0.3 is 4.74 Å². The highest BCUT2D eigenvalue weighted by atomic mass is 79.9. The molecule has 1 heterocycles. The Morgan fingerprint density at radius 2 is 2.13 bits per heavy atom. The Balaban J connectivity index is 2.21. The normalized spacial score (nSPS) is 10.3. The summed E-state index contributed by atoms with van der Waals surface area (Å²) in [6, 6.07) is 7.34. The minimum atomic E-state index is 0.534. The van der Waals surface area contributed by atoms with E-state index in [1.165, 1.54) is 0 Å². The quantitative estimate of drug-likeness (QED) is 0.842. The fourth-order valence-corrected chi connectivity index (χ4v) is 1.67. The molecule has 1 radical (unpaired) electrons. The van der Waals surface area contributed by atoms with E-state index in [4.69, 9.17) is 4.74 Å². The van der Waals surface area contributed by atoms with Crippen molar-refractivity contribution in [3.05, 3.63) is 39.4 Å². The number of aromatic nitrogens is 2. The van der Waals surface area contributed by atoms with Crippen LogP contribution in [0.1, 0.15) is 0 Å². The van der Waals surface area contributed by atoms with E-state index >= 15 is 0 Å². The Labute approximate surface area is 104 Å². The zero-order chi connectivity index (χ0) is 10.8. The van der Waals surface area contributed by atoms with Gasteiger partial charge in [-0.1, -0.05) is 0 Å². The van der Waals surface area contributed by atoms with Crippen LogP contribution in [0, 0.1) is 6.20 Å². The highest BCUT2D eigenvalue weighted by Crippen LogP contribution is 2.29. The SMILES string of the molecule is Cn1[c]cc(Oc2ccc(Br)c(Br)c2)n1. The maximum absolute atomic E-state index is 5.52. The molecule has 0 aliphatic heterocycles. The number of benzene rings is 1. The maximum Gasteiger partial charge on any atom is 0.238 e. The molecule has 2 rings (SSSR count). The lowest BCUT2D eigenvalue weighted by Crippen LogP contribution is -1.89. The van der Waals surface area contributed by atoms with Crippen LogP contribution in [0.3, 0.4) is 0 Å². The Morgan fingerprint density at radius 3 is 2.73 bits per heavy atom. The number of halogens is 2. The molecule has 0 amide bonds. The van der Waals surface area contributed by atoms with Gasteiger partial charge in [-0.15, -0.1) is 5.10 Å². The van der Waals surface area contributed by atoms with Gasteiger partial charge in [0.1, 0.15) is 5.75 Å². The molecule has 0 unspecified atom stereocenters. The smallest absolute Gasteiger partial charge is 0.238 e. The molecule has 77 valence electrons. The topological polar surface area (TPSA) is 27.1 Å². The van der Waals surface area contributed by atoms with Crippen LogP contribution in [0.25, 0.3) is 0 Å². The minimum absolute atomic E-state index is 0.534. The number of hydrogen-bond donors (Lipinski definition) is 0. The summed E-state index contributed by atoms with van der Waals surface area (Å²) in [5.74, 6) is 1.27. The summed E-state index contributed by atoms with van der Waals surface area (Å²) in [7, 11) is 1.80. The number of ether oxygens (including phenoxy) is 1. The molecule has 1 aromatic carbocycles. The van der Waals surface area contributed by atoms with Crippen molar-refractivity contribution < 1.29 is 4.74 Å². The molecule has 5 heteroatoms. The van der Waals surface area contributed by atoms with E-state index < -0.39 is 0 Å². The van der Waals surface area contributed by atoms with Crippen LogP contribution >= 0.6 is 31.9 Å². The van der Waals surface area contributed by atoms with Gasteiger partial charge in [0.05, 0.1) is 6.20 Å². The molecule has 1 aromatic heterocycles. The lowest BCUT2D eigenvalue weighted by molar-refractivity contribution is 0.453. The van der Waals surface area contributed by atoms with E-state index in [1.54, 1.807) is 17.8 Å². The van der Waals surface area contributed by atoms with Crippen LogP contribution in [-0.2, 0) is 7.05 Å². The van der Waals surface area contributed by atoms with Gasteiger partial charge in [-0.2, -0.15) is 0 Å². The predicted molar refractivity (Wildman–Crippen MR) is 64.0 cm³/mol. The van der Waals surface area contributed by atoms with E-state index in [9.17, 15) is 0 Å². The first-order valence-electron chi connectivity index (χ1n) is 4.20.